The van der Waals surface area contributed by atoms with Crippen molar-refractivity contribution in [1.29, 1.82) is 0 Å². The third-order valence-corrected chi connectivity index (χ3v) is 6.10. The van der Waals surface area contributed by atoms with Gasteiger partial charge in [0.1, 0.15) is 0 Å². The molecule has 0 spiro atoms. The lowest BCUT2D eigenvalue weighted by atomic mass is 10.0. The lowest BCUT2D eigenvalue weighted by Gasteiger charge is -2.10. The number of hydrogen-bond acceptors (Lipinski definition) is 3. The number of para-hydroxylation sites is 1. The van der Waals surface area contributed by atoms with Gasteiger partial charge in [0.15, 0.2) is 0 Å². The Kier molecular flexibility index (Phi) is 4.69. The summed E-state index contributed by atoms with van der Waals surface area (Å²) in [5.74, 6) is 0. The van der Waals surface area contributed by atoms with Crippen molar-refractivity contribution in [2.45, 2.75) is 13.5 Å². The Labute approximate surface area is 192 Å². The summed E-state index contributed by atoms with van der Waals surface area (Å²) in [5, 5.41) is 2.54. The molecule has 0 bridgehead atoms. The Hall–Kier alpha value is -4.31. The predicted molar refractivity (Wildman–Crippen MR) is 135 cm³/mol. The van der Waals surface area contributed by atoms with Crippen molar-refractivity contribution in [3.63, 3.8) is 0 Å². The molecule has 6 rings (SSSR count). The van der Waals surface area contributed by atoms with Gasteiger partial charge < -0.3 is 4.57 Å². The zero-order chi connectivity index (χ0) is 22.2. The summed E-state index contributed by atoms with van der Waals surface area (Å²) in [6.45, 7) is 3.13. The van der Waals surface area contributed by atoms with Gasteiger partial charge in [0.05, 0.1) is 22.8 Å². The maximum atomic E-state index is 4.90. The van der Waals surface area contributed by atoms with Crippen LogP contribution in [0.15, 0.2) is 103 Å². The fourth-order valence-electron chi connectivity index (χ4n) is 4.56. The molecule has 158 valence electrons. The van der Waals surface area contributed by atoms with Crippen LogP contribution in [0.3, 0.4) is 0 Å². The average molecular weight is 427 g/mol. The van der Waals surface area contributed by atoms with E-state index in [2.05, 4.69) is 76.1 Å². The number of fused-ring (bicyclic) bond motifs is 3. The minimum absolute atomic E-state index is 0.838. The van der Waals surface area contributed by atoms with Gasteiger partial charge in [-0.2, -0.15) is 0 Å². The number of aromatic nitrogens is 4. The van der Waals surface area contributed by atoms with Crippen LogP contribution in [0.1, 0.15) is 6.92 Å². The highest BCUT2D eigenvalue weighted by atomic mass is 15.0. The van der Waals surface area contributed by atoms with E-state index in [4.69, 9.17) is 4.98 Å². The van der Waals surface area contributed by atoms with E-state index in [0.717, 1.165) is 40.4 Å². The summed E-state index contributed by atoms with van der Waals surface area (Å²) in [4.78, 5) is 14.0. The molecule has 0 fully saturated rings. The van der Waals surface area contributed by atoms with Gasteiger partial charge in [-0.3, -0.25) is 9.97 Å². The van der Waals surface area contributed by atoms with Gasteiger partial charge in [0.2, 0.25) is 0 Å². The molecular weight excluding hydrogens is 404 g/mol. The molecule has 6 aromatic rings. The first-order valence-corrected chi connectivity index (χ1v) is 11.2. The van der Waals surface area contributed by atoms with Crippen LogP contribution in [-0.2, 0) is 6.54 Å². The highest BCUT2D eigenvalue weighted by molar-refractivity contribution is 6.09. The molecule has 4 nitrogen and oxygen atoms in total. The van der Waals surface area contributed by atoms with Crippen LogP contribution >= 0.6 is 0 Å². The van der Waals surface area contributed by atoms with Crippen molar-refractivity contribution in [3.8, 4) is 33.9 Å². The molecule has 0 unspecified atom stereocenters. The first-order chi connectivity index (χ1) is 16.3. The van der Waals surface area contributed by atoms with Crippen LogP contribution in [0.25, 0.3) is 55.7 Å². The minimum Gasteiger partial charge on any atom is -0.341 e. The molecule has 0 radical (unpaired) electrons. The number of pyridine rings is 3. The van der Waals surface area contributed by atoms with E-state index < -0.39 is 0 Å². The van der Waals surface area contributed by atoms with E-state index in [9.17, 15) is 0 Å². The SMILES string of the molecule is CCn1c2ccccc2c2cc(-c3cc(-c4ccccn4)nc(-c4ccccn4)c3)ccc21. The lowest BCUT2D eigenvalue weighted by molar-refractivity contribution is 0.827. The van der Waals surface area contributed by atoms with Crippen molar-refractivity contribution in [3.05, 3.63) is 103 Å². The van der Waals surface area contributed by atoms with Gasteiger partial charge >= 0.3 is 0 Å². The Morgan fingerprint density at radius 3 is 1.85 bits per heavy atom. The molecule has 0 aliphatic heterocycles. The Morgan fingerprint density at radius 1 is 0.576 bits per heavy atom. The second-order valence-electron chi connectivity index (χ2n) is 8.05. The third kappa shape index (κ3) is 3.37. The summed E-state index contributed by atoms with van der Waals surface area (Å²) in [6.07, 6.45) is 3.60. The van der Waals surface area contributed by atoms with E-state index in [1.54, 1.807) is 12.4 Å². The molecule has 4 heterocycles. The average Bonchev–Trinajstić information content (AvgIpc) is 3.22. The Morgan fingerprint density at radius 2 is 1.21 bits per heavy atom. The van der Waals surface area contributed by atoms with E-state index in [1.165, 1.54) is 21.8 Å². The smallest absolute Gasteiger partial charge is 0.0900 e. The van der Waals surface area contributed by atoms with Crippen molar-refractivity contribution >= 4 is 21.8 Å². The lowest BCUT2D eigenvalue weighted by Crippen LogP contribution is -1.94. The number of benzene rings is 2. The molecule has 0 N–H and O–H groups in total. The largest absolute Gasteiger partial charge is 0.341 e. The molecule has 4 aromatic heterocycles. The predicted octanol–water partition coefficient (Wildman–Crippen LogP) is 7.00. The quantitative estimate of drug-likeness (QED) is 0.305. The second-order valence-corrected chi connectivity index (χ2v) is 8.05. The third-order valence-electron chi connectivity index (χ3n) is 6.10. The van der Waals surface area contributed by atoms with Crippen molar-refractivity contribution < 1.29 is 0 Å². The second kappa shape index (κ2) is 7.99. The highest BCUT2D eigenvalue weighted by Gasteiger charge is 2.13. The number of rotatable bonds is 4. The molecule has 0 saturated heterocycles. The Balaban J connectivity index is 1.59. The standard InChI is InChI=1S/C29H22N4/c1-2-33-28-12-4-3-9-22(28)23-17-20(13-14-29(23)33)21-18-26(24-10-5-7-15-30-24)32-27(19-21)25-11-6-8-16-31-25/h3-19H,2H2,1H3. The number of aryl methyl sites for hydroxylation is 1. The highest BCUT2D eigenvalue weighted by Crippen LogP contribution is 2.34. The fraction of sp³-hybridized carbons (Fsp3) is 0.0690. The maximum absolute atomic E-state index is 4.90. The van der Waals surface area contributed by atoms with Gasteiger partial charge in [-0.25, -0.2) is 4.98 Å². The molecule has 4 heteroatoms. The molecule has 0 amide bonds. The van der Waals surface area contributed by atoms with Crippen LogP contribution in [-0.4, -0.2) is 19.5 Å². The van der Waals surface area contributed by atoms with E-state index in [1.807, 2.05) is 36.4 Å². The number of nitrogens with zero attached hydrogens (tertiary/aromatic N) is 4. The van der Waals surface area contributed by atoms with Crippen LogP contribution in [0.5, 0.6) is 0 Å². The maximum Gasteiger partial charge on any atom is 0.0900 e. The molecule has 0 aliphatic carbocycles. The van der Waals surface area contributed by atoms with Gasteiger partial charge in [-0.05, 0) is 72.6 Å². The van der Waals surface area contributed by atoms with Crippen molar-refractivity contribution in [2.75, 3.05) is 0 Å². The minimum atomic E-state index is 0.838. The normalized spacial score (nSPS) is 11.3. The van der Waals surface area contributed by atoms with Crippen LogP contribution in [0.2, 0.25) is 0 Å². The first kappa shape index (κ1) is 19.4. The summed E-state index contributed by atoms with van der Waals surface area (Å²) in [7, 11) is 0. The van der Waals surface area contributed by atoms with Crippen LogP contribution in [0, 0.1) is 0 Å². The molecular formula is C29H22N4. The molecule has 0 atom stereocenters. The fourth-order valence-corrected chi connectivity index (χ4v) is 4.56. The topological polar surface area (TPSA) is 43.6 Å². The van der Waals surface area contributed by atoms with Crippen LogP contribution < -0.4 is 0 Å². The zero-order valence-corrected chi connectivity index (χ0v) is 18.3. The Bertz CT molecular complexity index is 1530. The van der Waals surface area contributed by atoms with E-state index in [-0.39, 0.29) is 0 Å². The number of hydrogen-bond donors (Lipinski definition) is 0. The van der Waals surface area contributed by atoms with Gasteiger partial charge in [0.25, 0.3) is 0 Å². The summed E-state index contributed by atoms with van der Waals surface area (Å²) < 4.78 is 2.37. The molecule has 33 heavy (non-hydrogen) atoms. The van der Waals surface area contributed by atoms with Crippen LogP contribution in [0.4, 0.5) is 0 Å². The van der Waals surface area contributed by atoms with Crippen molar-refractivity contribution in [2.24, 2.45) is 0 Å². The molecule has 0 aliphatic rings. The van der Waals surface area contributed by atoms with Gasteiger partial charge in [0, 0.05) is 40.7 Å². The monoisotopic (exact) mass is 426 g/mol. The summed E-state index contributed by atoms with van der Waals surface area (Å²) in [5.41, 5.74) is 8.14. The molecule has 2 aromatic carbocycles. The van der Waals surface area contributed by atoms with E-state index >= 15 is 0 Å². The summed E-state index contributed by atoms with van der Waals surface area (Å²) >= 11 is 0. The van der Waals surface area contributed by atoms with Crippen molar-refractivity contribution in [1.82, 2.24) is 19.5 Å². The van der Waals surface area contributed by atoms with Gasteiger partial charge in [-0.1, -0.05) is 36.4 Å². The van der Waals surface area contributed by atoms with Gasteiger partial charge in [-0.15, -0.1) is 0 Å². The van der Waals surface area contributed by atoms with E-state index in [0.29, 0.717) is 0 Å². The first-order valence-electron chi connectivity index (χ1n) is 11.2. The summed E-state index contributed by atoms with van der Waals surface area (Å²) in [6, 6.07) is 31.4. The zero-order valence-electron chi connectivity index (χ0n) is 18.3. The molecule has 0 saturated carbocycles.